The highest BCUT2D eigenvalue weighted by Crippen LogP contribution is 2.29. The Balaban J connectivity index is 2.24. The van der Waals surface area contributed by atoms with Crippen LogP contribution in [0.5, 0.6) is 5.75 Å². The lowest BCUT2D eigenvalue weighted by Gasteiger charge is -2.13. The topological polar surface area (TPSA) is 77.5 Å². The van der Waals surface area contributed by atoms with E-state index >= 15 is 0 Å². The van der Waals surface area contributed by atoms with Crippen LogP contribution >= 0.6 is 11.3 Å². The van der Waals surface area contributed by atoms with Crippen LogP contribution in [0.3, 0.4) is 0 Å². The van der Waals surface area contributed by atoms with Crippen molar-refractivity contribution in [2.75, 3.05) is 19.0 Å². The van der Waals surface area contributed by atoms with Crippen molar-refractivity contribution in [1.82, 2.24) is 4.98 Å². The molecular weight excluding hydrogens is 292 g/mol. The molecule has 7 heteroatoms. The Kier molecular flexibility index (Phi) is 4.74. The summed E-state index contributed by atoms with van der Waals surface area (Å²) in [5.41, 5.74) is 0.773. The minimum absolute atomic E-state index is 0.224. The smallest absolute Gasteiger partial charge is 0.336 e. The Morgan fingerprint density at radius 2 is 2.19 bits per heavy atom. The number of hydrogen-bond donors (Lipinski definition) is 1. The van der Waals surface area contributed by atoms with Crippen molar-refractivity contribution in [2.45, 2.75) is 19.9 Å². The van der Waals surface area contributed by atoms with E-state index in [1.807, 2.05) is 12.1 Å². The second kappa shape index (κ2) is 6.53. The number of benzene rings is 1. The van der Waals surface area contributed by atoms with Gasteiger partial charge >= 0.3 is 5.97 Å². The maximum atomic E-state index is 11.8. The lowest BCUT2D eigenvalue weighted by Crippen LogP contribution is -2.37. The molecule has 2 aromatic rings. The van der Waals surface area contributed by atoms with Crippen molar-refractivity contribution in [3.05, 3.63) is 18.2 Å². The summed E-state index contributed by atoms with van der Waals surface area (Å²) in [4.78, 5) is 27.7. The number of thiazole rings is 1. The van der Waals surface area contributed by atoms with Gasteiger partial charge in [-0.1, -0.05) is 11.3 Å². The number of methoxy groups -OCH3 is 1. The Morgan fingerprint density at radius 1 is 1.43 bits per heavy atom. The average molecular weight is 308 g/mol. The molecule has 21 heavy (non-hydrogen) atoms. The van der Waals surface area contributed by atoms with Crippen LogP contribution in [-0.4, -0.2) is 36.5 Å². The minimum atomic E-state index is -1.03. The van der Waals surface area contributed by atoms with Crippen molar-refractivity contribution in [3.63, 3.8) is 0 Å². The Labute approximate surface area is 126 Å². The summed E-state index contributed by atoms with van der Waals surface area (Å²) >= 11 is 1.35. The van der Waals surface area contributed by atoms with Crippen LogP contribution < -0.4 is 10.1 Å². The van der Waals surface area contributed by atoms with Crippen LogP contribution in [0.15, 0.2) is 18.2 Å². The number of rotatable bonds is 6. The van der Waals surface area contributed by atoms with Gasteiger partial charge in [0, 0.05) is 0 Å². The first-order chi connectivity index (χ1) is 10.0. The highest BCUT2D eigenvalue weighted by atomic mass is 32.1. The van der Waals surface area contributed by atoms with Crippen LogP contribution in [0, 0.1) is 0 Å². The first kappa shape index (κ1) is 15.2. The number of Topliss-reactive ketones (excluding diaryl/α,β-unsaturated/α-hetero) is 1. The molecule has 0 saturated carbocycles. The summed E-state index contributed by atoms with van der Waals surface area (Å²) in [5.74, 6) is -0.182. The quantitative estimate of drug-likeness (QED) is 0.651. The first-order valence-electron chi connectivity index (χ1n) is 6.43. The van der Waals surface area contributed by atoms with Gasteiger partial charge in [-0.15, -0.1) is 0 Å². The molecule has 112 valence electrons. The van der Waals surface area contributed by atoms with Crippen molar-refractivity contribution < 1.29 is 19.1 Å². The number of fused-ring (bicyclic) bond motifs is 1. The molecular formula is C14H16N2O4S. The van der Waals surface area contributed by atoms with E-state index in [1.54, 1.807) is 20.1 Å². The third-order valence-electron chi connectivity index (χ3n) is 2.79. The van der Waals surface area contributed by atoms with Gasteiger partial charge < -0.3 is 14.8 Å². The van der Waals surface area contributed by atoms with Crippen molar-refractivity contribution in [3.8, 4) is 5.75 Å². The van der Waals surface area contributed by atoms with Crippen LogP contribution in [0.4, 0.5) is 5.13 Å². The number of ketones is 1. The summed E-state index contributed by atoms with van der Waals surface area (Å²) in [6, 6.07) is 4.45. The molecule has 0 saturated heterocycles. The molecule has 0 bridgehead atoms. The fraction of sp³-hybridized carbons (Fsp3) is 0.357. The van der Waals surface area contributed by atoms with Crippen molar-refractivity contribution >= 4 is 38.4 Å². The second-order valence-electron chi connectivity index (χ2n) is 4.29. The molecule has 1 aromatic heterocycles. The van der Waals surface area contributed by atoms with Gasteiger partial charge in [0.1, 0.15) is 5.75 Å². The number of esters is 1. The molecule has 0 aliphatic carbocycles. The summed E-state index contributed by atoms with van der Waals surface area (Å²) in [6.07, 6.45) is 0. The van der Waals surface area contributed by atoms with E-state index in [0.717, 1.165) is 16.0 Å². The average Bonchev–Trinajstić information content (AvgIpc) is 2.85. The van der Waals surface area contributed by atoms with Crippen LogP contribution in [-0.2, 0) is 14.3 Å². The normalized spacial score (nSPS) is 12.0. The van der Waals surface area contributed by atoms with Crippen molar-refractivity contribution in [2.24, 2.45) is 0 Å². The van der Waals surface area contributed by atoms with Crippen LogP contribution in [0.1, 0.15) is 13.8 Å². The molecule has 0 aliphatic rings. The monoisotopic (exact) mass is 308 g/mol. The zero-order valence-corrected chi connectivity index (χ0v) is 12.8. The number of ether oxygens (including phenoxy) is 2. The number of anilines is 1. The summed E-state index contributed by atoms with van der Waals surface area (Å²) in [5, 5.41) is 3.32. The molecule has 1 aromatic carbocycles. The molecule has 0 aliphatic heterocycles. The third kappa shape index (κ3) is 3.49. The Hall–Kier alpha value is -2.15. The van der Waals surface area contributed by atoms with Gasteiger partial charge in [0.25, 0.3) is 0 Å². The predicted molar refractivity (Wildman–Crippen MR) is 80.9 cm³/mol. The summed E-state index contributed by atoms with van der Waals surface area (Å²) in [6.45, 7) is 3.26. The minimum Gasteiger partial charge on any atom is -0.497 e. The van der Waals surface area contributed by atoms with Gasteiger partial charge in [0.15, 0.2) is 17.0 Å². The molecule has 0 spiro atoms. The maximum Gasteiger partial charge on any atom is 0.336 e. The number of hydrogen-bond acceptors (Lipinski definition) is 7. The lowest BCUT2D eigenvalue weighted by atomic mass is 10.2. The molecule has 1 N–H and O–H groups in total. The number of carbonyl (C=O) groups excluding carboxylic acids is 2. The zero-order valence-electron chi connectivity index (χ0n) is 12.0. The van der Waals surface area contributed by atoms with E-state index in [4.69, 9.17) is 9.47 Å². The molecule has 1 unspecified atom stereocenters. The molecule has 1 atom stereocenters. The molecule has 1 heterocycles. The van der Waals surface area contributed by atoms with Crippen LogP contribution in [0.2, 0.25) is 0 Å². The molecule has 2 rings (SSSR count). The van der Waals surface area contributed by atoms with Gasteiger partial charge in [-0.25, -0.2) is 9.78 Å². The summed E-state index contributed by atoms with van der Waals surface area (Å²) in [7, 11) is 1.59. The second-order valence-corrected chi connectivity index (χ2v) is 5.32. The highest BCUT2D eigenvalue weighted by molar-refractivity contribution is 7.22. The fourth-order valence-corrected chi connectivity index (χ4v) is 2.69. The van der Waals surface area contributed by atoms with E-state index in [1.165, 1.54) is 18.3 Å². The molecule has 0 fully saturated rings. The number of nitrogens with zero attached hydrogens (tertiary/aromatic N) is 1. The summed E-state index contributed by atoms with van der Waals surface area (Å²) < 4.78 is 10.9. The van der Waals surface area contributed by atoms with E-state index in [-0.39, 0.29) is 12.4 Å². The van der Waals surface area contributed by atoms with E-state index < -0.39 is 12.0 Å². The van der Waals surface area contributed by atoms with Gasteiger partial charge in [-0.2, -0.15) is 0 Å². The Morgan fingerprint density at radius 3 is 2.81 bits per heavy atom. The maximum absolute atomic E-state index is 11.8. The Bertz CT molecular complexity index is 668. The predicted octanol–water partition coefficient (Wildman–Crippen LogP) is 2.24. The van der Waals surface area contributed by atoms with Gasteiger partial charge in [-0.3, -0.25) is 4.79 Å². The number of nitrogens with one attached hydrogen (secondary N) is 1. The van der Waals surface area contributed by atoms with E-state index in [2.05, 4.69) is 10.3 Å². The molecule has 6 nitrogen and oxygen atoms in total. The molecule has 0 radical (unpaired) electrons. The van der Waals surface area contributed by atoms with Crippen molar-refractivity contribution in [1.29, 1.82) is 0 Å². The van der Waals surface area contributed by atoms with Gasteiger partial charge in [0.05, 0.1) is 23.9 Å². The van der Waals surface area contributed by atoms with Gasteiger partial charge in [0.2, 0.25) is 0 Å². The number of aromatic nitrogens is 1. The standard InChI is InChI=1S/C14H16N2O4S/c1-4-20-13(18)12(8(2)17)16-14-15-10-6-5-9(19-3)7-11(10)21-14/h5-7,12H,4H2,1-3H3,(H,15,16). The first-order valence-corrected chi connectivity index (χ1v) is 7.25. The largest absolute Gasteiger partial charge is 0.497 e. The third-order valence-corrected chi connectivity index (χ3v) is 3.74. The van der Waals surface area contributed by atoms with Gasteiger partial charge in [-0.05, 0) is 32.0 Å². The zero-order chi connectivity index (χ0) is 15.4. The van der Waals surface area contributed by atoms with E-state index in [0.29, 0.717) is 5.13 Å². The number of carbonyl (C=O) groups is 2. The van der Waals surface area contributed by atoms with E-state index in [9.17, 15) is 9.59 Å². The lowest BCUT2D eigenvalue weighted by molar-refractivity contribution is -0.146. The molecule has 0 amide bonds. The fourth-order valence-electron chi connectivity index (χ4n) is 1.77. The highest BCUT2D eigenvalue weighted by Gasteiger charge is 2.25. The van der Waals surface area contributed by atoms with Crippen LogP contribution in [0.25, 0.3) is 10.2 Å². The SMILES string of the molecule is CCOC(=O)C(Nc1nc2ccc(OC)cc2s1)C(C)=O.